The van der Waals surface area contributed by atoms with E-state index in [1.165, 1.54) is 31.4 Å². The van der Waals surface area contributed by atoms with E-state index in [-0.39, 0.29) is 35.3 Å². The smallest absolute Gasteiger partial charge is 0.416 e. The van der Waals surface area contributed by atoms with Gasteiger partial charge in [0.1, 0.15) is 5.52 Å². The summed E-state index contributed by atoms with van der Waals surface area (Å²) < 4.78 is 85.4. The average molecular weight is 581 g/mol. The minimum absolute atomic E-state index is 0.0737. The summed E-state index contributed by atoms with van der Waals surface area (Å²) in [7, 11) is -2.58. The van der Waals surface area contributed by atoms with Crippen LogP contribution in [0.3, 0.4) is 0 Å². The van der Waals surface area contributed by atoms with Crippen LogP contribution < -0.4 is 14.6 Å². The summed E-state index contributed by atoms with van der Waals surface area (Å²) in [6, 6.07) is 12.1. The van der Waals surface area contributed by atoms with Gasteiger partial charge < -0.3 is 9.84 Å². The Hall–Kier alpha value is -4.04. The van der Waals surface area contributed by atoms with Gasteiger partial charge in [-0.15, -0.1) is 5.10 Å². The number of methoxy groups -OCH3 is 1. The molecule has 9 nitrogen and oxygen atoms in total. The fourth-order valence-corrected chi connectivity index (χ4v) is 5.49. The zero-order valence-electron chi connectivity index (χ0n) is 21.3. The topological polar surface area (TPSA) is 115 Å². The lowest BCUT2D eigenvalue weighted by Crippen LogP contribution is -2.43. The molecule has 4 aromatic rings. The van der Waals surface area contributed by atoms with Crippen LogP contribution in [0.2, 0.25) is 0 Å². The predicted octanol–water partition coefficient (Wildman–Crippen LogP) is 3.84. The van der Waals surface area contributed by atoms with Crippen molar-refractivity contribution in [3.63, 3.8) is 0 Å². The Bertz CT molecular complexity index is 1690. The van der Waals surface area contributed by atoms with E-state index >= 15 is 0 Å². The van der Waals surface area contributed by atoms with Crippen molar-refractivity contribution in [3.8, 4) is 16.9 Å². The second kappa shape index (κ2) is 11.2. The van der Waals surface area contributed by atoms with E-state index in [0.29, 0.717) is 11.1 Å². The summed E-state index contributed by atoms with van der Waals surface area (Å²) in [6.45, 7) is -0.785. The number of aliphatic hydroxyl groups excluding tert-OH is 1. The highest BCUT2D eigenvalue weighted by molar-refractivity contribution is 7.92. The fraction of sp³-hybridized carbons (Fsp3) is 0.269. The molecule has 0 bridgehead atoms. The highest BCUT2D eigenvalue weighted by Gasteiger charge is 2.31. The number of nitrogens with zero attached hydrogens (tertiary/aromatic N) is 4. The summed E-state index contributed by atoms with van der Waals surface area (Å²) in [5.74, 6) is -0.481. The van der Waals surface area contributed by atoms with E-state index in [0.717, 1.165) is 33.4 Å². The number of rotatable bonds is 9. The number of ether oxygens (including phenoxy) is 1. The van der Waals surface area contributed by atoms with Crippen molar-refractivity contribution in [3.05, 3.63) is 82.4 Å². The monoisotopic (exact) mass is 580 g/mol. The molecular weight excluding hydrogens is 556 g/mol. The van der Waals surface area contributed by atoms with Gasteiger partial charge in [0.05, 0.1) is 42.7 Å². The molecule has 1 heterocycles. The molecular formula is C26H24F4N4O5S. The Morgan fingerprint density at radius 1 is 1.05 bits per heavy atom. The Kier molecular flexibility index (Phi) is 8.12. The lowest BCUT2D eigenvalue weighted by atomic mass is 10.0. The Labute approximate surface area is 226 Å². The predicted molar refractivity (Wildman–Crippen MR) is 140 cm³/mol. The number of hydrogen-bond donors (Lipinski definition) is 1. The van der Waals surface area contributed by atoms with Crippen molar-refractivity contribution in [2.45, 2.75) is 25.2 Å². The van der Waals surface area contributed by atoms with E-state index in [1.807, 2.05) is 0 Å². The lowest BCUT2D eigenvalue weighted by Gasteiger charge is -2.30. The quantitative estimate of drug-likeness (QED) is 0.299. The lowest BCUT2D eigenvalue weighted by molar-refractivity contribution is -0.137. The number of benzene rings is 3. The van der Waals surface area contributed by atoms with E-state index in [1.54, 1.807) is 18.2 Å². The first kappa shape index (κ1) is 29.0. The van der Waals surface area contributed by atoms with Gasteiger partial charge in [-0.25, -0.2) is 17.5 Å². The van der Waals surface area contributed by atoms with Crippen molar-refractivity contribution in [2.24, 2.45) is 0 Å². The van der Waals surface area contributed by atoms with E-state index < -0.39 is 45.8 Å². The van der Waals surface area contributed by atoms with Crippen LogP contribution in [0.1, 0.15) is 12.0 Å². The molecule has 0 spiro atoms. The van der Waals surface area contributed by atoms with Crippen LogP contribution in [-0.2, 0) is 22.7 Å². The minimum atomic E-state index is -4.61. The number of alkyl halides is 3. The first-order valence-electron chi connectivity index (χ1n) is 11.8. The molecule has 212 valence electrons. The molecule has 4 rings (SSSR count). The zero-order valence-corrected chi connectivity index (χ0v) is 22.1. The SMILES string of the molecule is COc1ccc(-c2ccc(N([C@@H](CO)CCn3nnc4cc(C(F)(F)F)ccc4c3=O)S(C)(=O)=O)cc2)cc1F. The number of fused-ring (bicyclic) bond motifs is 1. The highest BCUT2D eigenvalue weighted by atomic mass is 32.2. The fourth-order valence-electron chi connectivity index (χ4n) is 4.27. The van der Waals surface area contributed by atoms with Crippen LogP contribution in [0.15, 0.2) is 65.5 Å². The van der Waals surface area contributed by atoms with Gasteiger partial charge in [0, 0.05) is 6.54 Å². The van der Waals surface area contributed by atoms with Crippen molar-refractivity contribution >= 4 is 26.6 Å². The summed E-state index contributed by atoms with van der Waals surface area (Å²) in [5.41, 5.74) is -0.562. The van der Waals surface area contributed by atoms with E-state index in [4.69, 9.17) is 4.74 Å². The maximum absolute atomic E-state index is 14.1. The van der Waals surface area contributed by atoms with Gasteiger partial charge in [-0.3, -0.25) is 9.10 Å². The van der Waals surface area contributed by atoms with Crippen molar-refractivity contribution in [1.82, 2.24) is 15.0 Å². The molecule has 0 saturated carbocycles. The molecule has 0 saturated heterocycles. The van der Waals surface area contributed by atoms with E-state index in [9.17, 15) is 35.9 Å². The van der Waals surface area contributed by atoms with Crippen LogP contribution in [0, 0.1) is 5.82 Å². The molecule has 1 N–H and O–H groups in total. The first-order chi connectivity index (χ1) is 18.8. The maximum Gasteiger partial charge on any atom is 0.416 e. The van der Waals surface area contributed by atoms with Crippen molar-refractivity contribution in [1.29, 1.82) is 0 Å². The molecule has 0 radical (unpaired) electrons. The number of halogens is 4. The second-order valence-corrected chi connectivity index (χ2v) is 10.8. The summed E-state index contributed by atoms with van der Waals surface area (Å²) in [5, 5.41) is 17.4. The number of aliphatic hydroxyl groups is 1. The first-order valence-corrected chi connectivity index (χ1v) is 13.7. The molecule has 1 atom stereocenters. The van der Waals surface area contributed by atoms with Crippen LogP contribution in [0.25, 0.3) is 22.0 Å². The Morgan fingerprint density at radius 3 is 2.30 bits per heavy atom. The largest absolute Gasteiger partial charge is 0.494 e. The molecule has 0 aliphatic heterocycles. The van der Waals surface area contributed by atoms with Gasteiger partial charge >= 0.3 is 6.18 Å². The van der Waals surface area contributed by atoms with E-state index in [2.05, 4.69) is 10.3 Å². The Balaban J connectivity index is 1.59. The average Bonchev–Trinajstić information content (AvgIpc) is 2.90. The molecule has 1 aromatic heterocycles. The molecule has 0 amide bonds. The van der Waals surface area contributed by atoms with Gasteiger partial charge in [-0.1, -0.05) is 23.4 Å². The van der Waals surface area contributed by atoms with Gasteiger partial charge in [-0.2, -0.15) is 13.2 Å². The minimum Gasteiger partial charge on any atom is -0.494 e. The maximum atomic E-state index is 14.1. The Morgan fingerprint density at radius 2 is 1.73 bits per heavy atom. The van der Waals surface area contributed by atoms with Crippen LogP contribution >= 0.6 is 0 Å². The zero-order chi connectivity index (χ0) is 29.2. The summed E-state index contributed by atoms with van der Waals surface area (Å²) >= 11 is 0. The standard InChI is InChI=1S/C26H24F4N4O5S/c1-39-24-10-5-17(13-22(24)27)16-3-7-19(8-4-16)34(40(2,37)38)20(15-35)11-12-33-25(36)21-9-6-18(26(28,29)30)14-23(21)31-32-33/h3-10,13-14,20,35H,11-12,15H2,1-2H3/t20-/m1/s1. The molecule has 0 fully saturated rings. The van der Waals surface area contributed by atoms with Crippen molar-refractivity contribution in [2.75, 3.05) is 24.3 Å². The second-order valence-electron chi connectivity index (χ2n) is 8.93. The number of anilines is 1. The van der Waals surface area contributed by atoms with Crippen LogP contribution in [0.5, 0.6) is 5.75 Å². The van der Waals surface area contributed by atoms with Crippen LogP contribution in [0.4, 0.5) is 23.2 Å². The highest BCUT2D eigenvalue weighted by Crippen LogP contribution is 2.31. The molecule has 14 heteroatoms. The third-order valence-electron chi connectivity index (χ3n) is 6.23. The molecule has 3 aromatic carbocycles. The van der Waals surface area contributed by atoms with Gasteiger partial charge in [0.25, 0.3) is 5.56 Å². The summed E-state index contributed by atoms with van der Waals surface area (Å²) in [4.78, 5) is 12.8. The number of sulfonamides is 1. The molecule has 0 unspecified atom stereocenters. The van der Waals surface area contributed by atoms with Crippen LogP contribution in [-0.4, -0.2) is 54.5 Å². The number of aryl methyl sites for hydroxylation is 1. The third kappa shape index (κ3) is 6.07. The van der Waals surface area contributed by atoms with Gasteiger partial charge in [-0.05, 0) is 60.0 Å². The molecule has 40 heavy (non-hydrogen) atoms. The number of aromatic nitrogens is 3. The van der Waals surface area contributed by atoms with Gasteiger partial charge in [0.15, 0.2) is 11.6 Å². The van der Waals surface area contributed by atoms with Crippen molar-refractivity contribution < 1.29 is 35.8 Å². The summed E-state index contributed by atoms with van der Waals surface area (Å²) in [6.07, 6.45) is -3.73. The normalized spacial score (nSPS) is 12.9. The number of hydrogen-bond acceptors (Lipinski definition) is 7. The third-order valence-corrected chi connectivity index (χ3v) is 7.45. The molecule has 0 aliphatic rings. The molecule has 0 aliphatic carbocycles. The van der Waals surface area contributed by atoms with Gasteiger partial charge in [0.2, 0.25) is 10.0 Å².